The molecule has 0 amide bonds. The van der Waals surface area contributed by atoms with Crippen LogP contribution in [0.3, 0.4) is 0 Å². The van der Waals surface area contributed by atoms with Gasteiger partial charge in [-0.1, -0.05) is 25.1 Å². The van der Waals surface area contributed by atoms with Gasteiger partial charge < -0.3 is 4.74 Å². The van der Waals surface area contributed by atoms with Gasteiger partial charge in [-0.3, -0.25) is 9.78 Å². The zero-order valence-corrected chi connectivity index (χ0v) is 14.4. The molecule has 0 spiro atoms. The van der Waals surface area contributed by atoms with Crippen molar-refractivity contribution in [1.29, 1.82) is 0 Å². The fraction of sp³-hybridized carbons (Fsp3) is 0.211. The average Bonchev–Trinajstić information content (AvgIpc) is 3.07. The molecule has 0 atom stereocenters. The Hall–Kier alpha value is -2.53. The lowest BCUT2D eigenvalue weighted by molar-refractivity contribution is 0.0477. The minimum absolute atomic E-state index is 0.178. The van der Waals surface area contributed by atoms with Crippen LogP contribution in [0.4, 0.5) is 0 Å². The number of ketones is 1. The second-order valence-electron chi connectivity index (χ2n) is 5.45. The number of carbonyl (C=O) groups excluding carboxylic acids is 2. The third-order valence-corrected chi connectivity index (χ3v) is 4.95. The Kier molecular flexibility index (Phi) is 4.71. The van der Waals surface area contributed by atoms with E-state index in [2.05, 4.69) is 4.98 Å². The highest BCUT2D eigenvalue weighted by atomic mass is 32.1. The topological polar surface area (TPSA) is 56.3 Å². The van der Waals surface area contributed by atoms with Crippen molar-refractivity contribution in [3.05, 3.63) is 63.5 Å². The van der Waals surface area contributed by atoms with E-state index in [4.69, 9.17) is 4.74 Å². The Balaban J connectivity index is 1.77. The van der Waals surface area contributed by atoms with E-state index in [0.717, 1.165) is 27.9 Å². The number of rotatable bonds is 5. The molecule has 5 heteroatoms. The van der Waals surface area contributed by atoms with Crippen LogP contribution < -0.4 is 0 Å². The van der Waals surface area contributed by atoms with E-state index < -0.39 is 5.97 Å². The molecule has 0 aliphatic heterocycles. The van der Waals surface area contributed by atoms with Crippen molar-refractivity contribution in [3.63, 3.8) is 0 Å². The van der Waals surface area contributed by atoms with E-state index in [9.17, 15) is 9.59 Å². The van der Waals surface area contributed by atoms with Crippen molar-refractivity contribution in [2.45, 2.75) is 20.3 Å². The van der Waals surface area contributed by atoms with Gasteiger partial charge in [0.25, 0.3) is 0 Å². The van der Waals surface area contributed by atoms with Gasteiger partial charge >= 0.3 is 5.97 Å². The highest BCUT2D eigenvalue weighted by Gasteiger charge is 2.16. The van der Waals surface area contributed by atoms with E-state index in [1.54, 1.807) is 12.1 Å². The Bertz CT molecular complexity index is 914. The molecule has 3 rings (SSSR count). The average molecular weight is 339 g/mol. The summed E-state index contributed by atoms with van der Waals surface area (Å²) in [5, 5.41) is 0.727. The van der Waals surface area contributed by atoms with Crippen molar-refractivity contribution >= 4 is 34.0 Å². The molecule has 1 aromatic carbocycles. The number of Topliss-reactive ketones (excluding diaryl/α,β-unsaturated/α-hetero) is 1. The van der Waals surface area contributed by atoms with Crippen LogP contribution in [0.15, 0.2) is 42.5 Å². The van der Waals surface area contributed by atoms with Crippen molar-refractivity contribution in [2.24, 2.45) is 0 Å². The van der Waals surface area contributed by atoms with Crippen molar-refractivity contribution in [3.8, 4) is 0 Å². The maximum Gasteiger partial charge on any atom is 0.339 e. The lowest BCUT2D eigenvalue weighted by Crippen LogP contribution is -2.14. The molecule has 24 heavy (non-hydrogen) atoms. The van der Waals surface area contributed by atoms with Crippen LogP contribution >= 0.6 is 11.3 Å². The number of pyridine rings is 1. The van der Waals surface area contributed by atoms with Crippen molar-refractivity contribution in [2.75, 3.05) is 6.61 Å². The van der Waals surface area contributed by atoms with Gasteiger partial charge in [0.05, 0.1) is 16.0 Å². The van der Waals surface area contributed by atoms with Gasteiger partial charge in [0.15, 0.2) is 6.61 Å². The maximum atomic E-state index is 12.4. The van der Waals surface area contributed by atoms with Crippen LogP contribution in [0.2, 0.25) is 0 Å². The number of ether oxygens (including phenoxy) is 1. The van der Waals surface area contributed by atoms with Gasteiger partial charge in [0, 0.05) is 16.0 Å². The highest BCUT2D eigenvalue weighted by Crippen LogP contribution is 2.20. The van der Waals surface area contributed by atoms with Crippen LogP contribution in [-0.4, -0.2) is 23.3 Å². The Labute approximate surface area is 144 Å². The summed E-state index contributed by atoms with van der Waals surface area (Å²) in [6.45, 7) is 3.61. The zero-order valence-electron chi connectivity index (χ0n) is 13.5. The summed E-state index contributed by atoms with van der Waals surface area (Å²) in [5.74, 6) is -0.680. The van der Waals surface area contributed by atoms with E-state index in [-0.39, 0.29) is 12.4 Å². The first-order valence-corrected chi connectivity index (χ1v) is 8.55. The molecule has 2 aromatic heterocycles. The van der Waals surface area contributed by atoms with Crippen molar-refractivity contribution < 1.29 is 14.3 Å². The van der Waals surface area contributed by atoms with Crippen LogP contribution in [-0.2, 0) is 11.2 Å². The van der Waals surface area contributed by atoms with Crippen LogP contribution in [0.25, 0.3) is 10.9 Å². The standard InChI is InChI=1S/C19H17NO3S/c1-3-13-8-9-18(24-13)17(21)11-23-19(22)15-10-12(2)20-16-7-5-4-6-14(15)16/h4-10H,3,11H2,1-2H3. The number of benzene rings is 1. The minimum atomic E-state index is -0.502. The fourth-order valence-corrected chi connectivity index (χ4v) is 3.35. The Morgan fingerprint density at radius 1 is 1.17 bits per heavy atom. The summed E-state index contributed by atoms with van der Waals surface area (Å²) in [7, 11) is 0. The molecular weight excluding hydrogens is 322 g/mol. The fourth-order valence-electron chi connectivity index (χ4n) is 2.47. The molecule has 0 unspecified atom stereocenters. The Morgan fingerprint density at radius 2 is 1.96 bits per heavy atom. The molecule has 0 fully saturated rings. The molecule has 0 N–H and O–H groups in total. The molecule has 0 bridgehead atoms. The molecule has 3 aromatic rings. The first-order chi connectivity index (χ1) is 11.6. The van der Waals surface area contributed by atoms with Gasteiger partial charge in [0.1, 0.15) is 0 Å². The van der Waals surface area contributed by atoms with E-state index in [1.165, 1.54) is 11.3 Å². The number of thiophene rings is 1. The summed E-state index contributed by atoms with van der Waals surface area (Å²) in [4.78, 5) is 30.7. The molecular formula is C19H17NO3S. The number of aromatic nitrogens is 1. The van der Waals surface area contributed by atoms with Gasteiger partial charge in [-0.05, 0) is 37.6 Å². The molecule has 122 valence electrons. The number of nitrogens with zero attached hydrogens (tertiary/aromatic N) is 1. The molecule has 0 radical (unpaired) electrons. The van der Waals surface area contributed by atoms with Gasteiger partial charge in [-0.25, -0.2) is 4.79 Å². The van der Waals surface area contributed by atoms with E-state index in [1.807, 2.05) is 44.2 Å². The van der Waals surface area contributed by atoms with E-state index >= 15 is 0 Å². The quantitative estimate of drug-likeness (QED) is 0.516. The second-order valence-corrected chi connectivity index (χ2v) is 6.62. The summed E-state index contributed by atoms with van der Waals surface area (Å²) >= 11 is 1.44. The molecule has 0 saturated heterocycles. The second kappa shape index (κ2) is 6.93. The first-order valence-electron chi connectivity index (χ1n) is 7.74. The largest absolute Gasteiger partial charge is 0.454 e. The number of fused-ring (bicyclic) bond motifs is 1. The third-order valence-electron chi connectivity index (χ3n) is 3.68. The molecule has 2 heterocycles. The van der Waals surface area contributed by atoms with Crippen LogP contribution in [0.1, 0.15) is 37.5 Å². The lowest BCUT2D eigenvalue weighted by atomic mass is 10.1. The smallest absolute Gasteiger partial charge is 0.339 e. The first kappa shape index (κ1) is 16.3. The van der Waals surface area contributed by atoms with Gasteiger partial charge in [-0.15, -0.1) is 11.3 Å². The number of hydrogen-bond acceptors (Lipinski definition) is 5. The van der Waals surface area contributed by atoms with Crippen LogP contribution in [0, 0.1) is 6.92 Å². The van der Waals surface area contributed by atoms with E-state index in [0.29, 0.717) is 10.4 Å². The lowest BCUT2D eigenvalue weighted by Gasteiger charge is -2.07. The normalized spacial score (nSPS) is 10.8. The number of carbonyl (C=O) groups is 2. The summed E-state index contributed by atoms with van der Waals surface area (Å²) in [6, 6.07) is 12.8. The van der Waals surface area contributed by atoms with Gasteiger partial charge in [-0.2, -0.15) is 0 Å². The highest BCUT2D eigenvalue weighted by molar-refractivity contribution is 7.14. The van der Waals surface area contributed by atoms with Gasteiger partial charge in [0.2, 0.25) is 5.78 Å². The molecule has 0 saturated carbocycles. The monoisotopic (exact) mass is 339 g/mol. The molecule has 0 aliphatic rings. The predicted molar refractivity (Wildman–Crippen MR) is 94.8 cm³/mol. The molecule has 4 nitrogen and oxygen atoms in total. The molecule has 0 aliphatic carbocycles. The minimum Gasteiger partial charge on any atom is -0.454 e. The summed E-state index contributed by atoms with van der Waals surface area (Å²) in [6.07, 6.45) is 0.889. The SMILES string of the molecule is CCc1ccc(C(=O)COC(=O)c2cc(C)nc3ccccc23)s1. The summed E-state index contributed by atoms with van der Waals surface area (Å²) in [5.41, 5.74) is 1.91. The number of aryl methyl sites for hydroxylation is 2. The number of para-hydroxylation sites is 1. The maximum absolute atomic E-state index is 12.4. The number of hydrogen-bond donors (Lipinski definition) is 0. The number of esters is 1. The summed E-state index contributed by atoms with van der Waals surface area (Å²) < 4.78 is 5.24. The van der Waals surface area contributed by atoms with Crippen molar-refractivity contribution in [1.82, 2.24) is 4.98 Å². The van der Waals surface area contributed by atoms with Crippen LogP contribution in [0.5, 0.6) is 0 Å². The third kappa shape index (κ3) is 3.36. The zero-order chi connectivity index (χ0) is 17.1. The Morgan fingerprint density at radius 3 is 2.71 bits per heavy atom. The predicted octanol–water partition coefficient (Wildman–Crippen LogP) is 4.21.